The second-order valence-corrected chi connectivity index (χ2v) is 8.96. The molecular weight excluding hydrogens is 294 g/mol. The fraction of sp³-hybridized carbons (Fsp3) is 0.857. The van der Waals surface area contributed by atoms with Crippen molar-refractivity contribution >= 4 is 21.7 Å². The summed E-state index contributed by atoms with van der Waals surface area (Å²) in [6.07, 6.45) is 4.03. The lowest BCUT2D eigenvalue weighted by atomic mass is 9.71. The molecule has 2 aliphatic rings. The number of hydrogen-bond acceptors (Lipinski definition) is 4. The van der Waals surface area contributed by atoms with Crippen molar-refractivity contribution in [1.29, 1.82) is 0 Å². The highest BCUT2D eigenvalue weighted by atomic mass is 32.2. The molecular formula is C14H23NO5S. The van der Waals surface area contributed by atoms with E-state index in [4.69, 9.17) is 0 Å². The van der Waals surface area contributed by atoms with Crippen LogP contribution in [0.15, 0.2) is 0 Å². The molecule has 0 aromatic rings. The highest BCUT2D eigenvalue weighted by Gasteiger charge is 2.44. The maximum absolute atomic E-state index is 12.2. The van der Waals surface area contributed by atoms with Gasteiger partial charge in [-0.1, -0.05) is 19.3 Å². The Hall–Kier alpha value is -1.11. The van der Waals surface area contributed by atoms with Gasteiger partial charge in [-0.25, -0.2) is 8.42 Å². The fourth-order valence-corrected chi connectivity index (χ4v) is 5.59. The molecule has 2 fully saturated rings. The van der Waals surface area contributed by atoms with Crippen molar-refractivity contribution in [2.75, 3.05) is 11.5 Å². The minimum absolute atomic E-state index is 0.0576. The molecule has 1 atom stereocenters. The van der Waals surface area contributed by atoms with Gasteiger partial charge in [0.1, 0.15) is 0 Å². The van der Waals surface area contributed by atoms with Gasteiger partial charge in [-0.2, -0.15) is 0 Å². The molecule has 1 saturated carbocycles. The lowest BCUT2D eigenvalue weighted by Crippen LogP contribution is -2.49. The number of sulfone groups is 1. The zero-order valence-corrected chi connectivity index (χ0v) is 13.2. The van der Waals surface area contributed by atoms with Gasteiger partial charge < -0.3 is 10.4 Å². The molecule has 0 spiro atoms. The van der Waals surface area contributed by atoms with Gasteiger partial charge in [0.2, 0.25) is 5.91 Å². The van der Waals surface area contributed by atoms with Gasteiger partial charge in [-0.3, -0.25) is 9.59 Å². The first-order valence-electron chi connectivity index (χ1n) is 7.41. The fourth-order valence-electron chi connectivity index (χ4n) is 3.49. The summed E-state index contributed by atoms with van der Waals surface area (Å²) in [4.78, 5) is 23.8. The quantitative estimate of drug-likeness (QED) is 0.809. The van der Waals surface area contributed by atoms with Crippen LogP contribution in [0.5, 0.6) is 0 Å². The average molecular weight is 317 g/mol. The van der Waals surface area contributed by atoms with Crippen molar-refractivity contribution in [3.63, 3.8) is 0 Å². The number of carboxylic acids is 1. The van der Waals surface area contributed by atoms with E-state index >= 15 is 0 Å². The van der Waals surface area contributed by atoms with E-state index in [2.05, 4.69) is 5.32 Å². The minimum Gasteiger partial charge on any atom is -0.481 e. The average Bonchev–Trinajstić information content (AvgIpc) is 2.63. The molecule has 0 radical (unpaired) electrons. The van der Waals surface area contributed by atoms with Crippen LogP contribution < -0.4 is 5.32 Å². The van der Waals surface area contributed by atoms with Crippen LogP contribution in [0.2, 0.25) is 0 Å². The van der Waals surface area contributed by atoms with Gasteiger partial charge in [-0.05, 0) is 26.2 Å². The first kappa shape index (κ1) is 16.3. The van der Waals surface area contributed by atoms with E-state index in [1.54, 1.807) is 6.92 Å². The number of amides is 1. The van der Waals surface area contributed by atoms with E-state index in [9.17, 15) is 23.1 Å². The lowest BCUT2D eigenvalue weighted by Gasteiger charge is -2.34. The Morgan fingerprint density at radius 2 is 1.76 bits per heavy atom. The topological polar surface area (TPSA) is 101 Å². The van der Waals surface area contributed by atoms with Crippen molar-refractivity contribution in [2.45, 2.75) is 57.4 Å². The molecule has 2 N–H and O–H groups in total. The van der Waals surface area contributed by atoms with Crippen molar-refractivity contribution in [1.82, 2.24) is 5.32 Å². The van der Waals surface area contributed by atoms with Crippen LogP contribution in [0.4, 0.5) is 0 Å². The number of carbonyl (C=O) groups excluding carboxylic acids is 1. The Morgan fingerprint density at radius 1 is 1.14 bits per heavy atom. The van der Waals surface area contributed by atoms with Crippen LogP contribution in [-0.4, -0.2) is 42.4 Å². The third-order valence-corrected chi connectivity index (χ3v) is 6.61. The van der Waals surface area contributed by atoms with E-state index in [-0.39, 0.29) is 23.8 Å². The molecule has 2 rings (SSSR count). The summed E-state index contributed by atoms with van der Waals surface area (Å²) in [6, 6.07) is 0. The second kappa shape index (κ2) is 5.59. The minimum atomic E-state index is -3.10. The molecule has 0 aromatic carbocycles. The van der Waals surface area contributed by atoms with E-state index < -0.39 is 26.8 Å². The number of carboxylic acid groups (broad SMARTS) is 1. The third-order valence-electron chi connectivity index (χ3n) is 4.71. The molecule has 1 heterocycles. The van der Waals surface area contributed by atoms with Gasteiger partial charge in [0.05, 0.1) is 22.5 Å². The first-order chi connectivity index (χ1) is 9.67. The van der Waals surface area contributed by atoms with E-state index in [1.807, 2.05) is 0 Å². The van der Waals surface area contributed by atoms with Gasteiger partial charge in [0.25, 0.3) is 0 Å². The number of hydrogen-bond donors (Lipinski definition) is 2. The monoisotopic (exact) mass is 317 g/mol. The number of rotatable bonds is 4. The molecule has 21 heavy (non-hydrogen) atoms. The van der Waals surface area contributed by atoms with Crippen molar-refractivity contribution in [3.05, 3.63) is 0 Å². The van der Waals surface area contributed by atoms with E-state index in [0.717, 1.165) is 19.3 Å². The molecule has 1 aliphatic carbocycles. The van der Waals surface area contributed by atoms with Crippen LogP contribution in [0.3, 0.4) is 0 Å². The maximum Gasteiger partial charge on any atom is 0.310 e. The molecule has 7 heteroatoms. The number of aliphatic carboxylic acids is 1. The molecule has 0 bridgehead atoms. The smallest absolute Gasteiger partial charge is 0.310 e. The highest BCUT2D eigenvalue weighted by Crippen LogP contribution is 2.39. The largest absolute Gasteiger partial charge is 0.481 e. The predicted molar refractivity (Wildman–Crippen MR) is 77.6 cm³/mol. The molecule has 1 amide bonds. The Labute approximate surface area is 125 Å². The van der Waals surface area contributed by atoms with E-state index in [0.29, 0.717) is 19.3 Å². The van der Waals surface area contributed by atoms with Crippen molar-refractivity contribution in [2.24, 2.45) is 5.41 Å². The summed E-state index contributed by atoms with van der Waals surface area (Å²) < 4.78 is 23.1. The normalized spacial score (nSPS) is 30.7. The molecule has 120 valence electrons. The Balaban J connectivity index is 2.02. The van der Waals surface area contributed by atoms with E-state index in [1.165, 1.54) is 0 Å². The Bertz CT molecular complexity index is 536. The maximum atomic E-state index is 12.2. The van der Waals surface area contributed by atoms with Gasteiger partial charge >= 0.3 is 5.97 Å². The third kappa shape index (κ3) is 3.75. The lowest BCUT2D eigenvalue weighted by molar-refractivity contribution is -0.154. The van der Waals surface area contributed by atoms with Crippen molar-refractivity contribution < 1.29 is 23.1 Å². The SMILES string of the molecule is CC1(NC(=O)CC2(C(=O)O)CCCCC2)CCS(=O)(=O)C1. The number of carbonyl (C=O) groups is 2. The van der Waals surface area contributed by atoms with Crippen LogP contribution in [0.25, 0.3) is 0 Å². The van der Waals surface area contributed by atoms with Gasteiger partial charge in [0, 0.05) is 6.42 Å². The second-order valence-electron chi connectivity index (χ2n) is 6.77. The summed E-state index contributed by atoms with van der Waals surface area (Å²) in [5.41, 5.74) is -1.74. The van der Waals surface area contributed by atoms with Crippen LogP contribution in [-0.2, 0) is 19.4 Å². The summed E-state index contributed by atoms with van der Waals surface area (Å²) >= 11 is 0. The summed E-state index contributed by atoms with van der Waals surface area (Å²) in [7, 11) is -3.10. The van der Waals surface area contributed by atoms with Crippen LogP contribution in [0.1, 0.15) is 51.9 Å². The highest BCUT2D eigenvalue weighted by molar-refractivity contribution is 7.91. The van der Waals surface area contributed by atoms with Gasteiger partial charge in [0.15, 0.2) is 9.84 Å². The molecule has 1 unspecified atom stereocenters. The number of nitrogens with one attached hydrogen (secondary N) is 1. The Kier molecular flexibility index (Phi) is 4.33. The first-order valence-corrected chi connectivity index (χ1v) is 9.24. The molecule has 6 nitrogen and oxygen atoms in total. The summed E-state index contributed by atoms with van der Waals surface area (Å²) in [5.74, 6) is -1.25. The van der Waals surface area contributed by atoms with Gasteiger partial charge in [-0.15, -0.1) is 0 Å². The standard InChI is InChI=1S/C14H23NO5S/c1-13(7-8-21(19,20)10-13)15-11(16)9-14(12(17)18)5-3-2-4-6-14/h2-10H2,1H3,(H,15,16)(H,17,18). The molecule has 1 aliphatic heterocycles. The summed E-state index contributed by atoms with van der Waals surface area (Å²) in [6.45, 7) is 1.71. The summed E-state index contributed by atoms with van der Waals surface area (Å²) in [5, 5.41) is 12.2. The predicted octanol–water partition coefficient (Wildman–Crippen LogP) is 1.10. The zero-order chi connectivity index (χ0) is 15.7. The van der Waals surface area contributed by atoms with Crippen LogP contribution >= 0.6 is 0 Å². The van der Waals surface area contributed by atoms with Crippen LogP contribution in [0, 0.1) is 5.41 Å². The zero-order valence-electron chi connectivity index (χ0n) is 12.4. The van der Waals surface area contributed by atoms with Crippen molar-refractivity contribution in [3.8, 4) is 0 Å². The molecule has 0 aromatic heterocycles. The Morgan fingerprint density at radius 3 is 2.24 bits per heavy atom. The molecule has 1 saturated heterocycles.